The first kappa shape index (κ1) is 16.6. The third kappa shape index (κ3) is 2.74. The molecule has 5 nitrogen and oxygen atoms in total. The Kier molecular flexibility index (Phi) is 4.28. The van der Waals surface area contributed by atoms with E-state index in [0.717, 1.165) is 25.7 Å². The Bertz CT molecular complexity index is 646. The van der Waals surface area contributed by atoms with Gasteiger partial charge in [-0.05, 0) is 31.2 Å². The molecule has 3 saturated heterocycles. The van der Waals surface area contributed by atoms with Crippen molar-refractivity contribution in [2.75, 3.05) is 26.7 Å². The lowest BCUT2D eigenvalue weighted by Gasteiger charge is -2.47. The Labute approximate surface area is 148 Å². The summed E-state index contributed by atoms with van der Waals surface area (Å²) in [6.07, 6.45) is 3.81. The molecule has 1 spiro atoms. The molecule has 3 aliphatic rings. The summed E-state index contributed by atoms with van der Waals surface area (Å²) in [5, 5.41) is 0. The molecule has 3 aliphatic heterocycles. The number of benzene rings is 1. The third-order valence-electron chi connectivity index (χ3n) is 6.42. The molecular weight excluding hydrogens is 316 g/mol. The second kappa shape index (κ2) is 6.45. The Morgan fingerprint density at radius 1 is 1.20 bits per heavy atom. The summed E-state index contributed by atoms with van der Waals surface area (Å²) in [6, 6.07) is 10.4. The van der Waals surface area contributed by atoms with Crippen molar-refractivity contribution in [1.29, 1.82) is 0 Å². The molecular formula is C20H26N2O3. The van der Waals surface area contributed by atoms with E-state index in [2.05, 4.69) is 12.1 Å². The molecule has 1 aromatic carbocycles. The van der Waals surface area contributed by atoms with Crippen LogP contribution >= 0.6 is 0 Å². The SMILES string of the molecule is CN1C(=O)CC(c2ccccc2)C12CCN(C(=O)[C@H]1CCCO1)CC2. The number of piperidine rings is 1. The summed E-state index contributed by atoms with van der Waals surface area (Å²) in [7, 11) is 1.93. The van der Waals surface area contributed by atoms with Gasteiger partial charge in [0.1, 0.15) is 6.10 Å². The summed E-state index contributed by atoms with van der Waals surface area (Å²) in [4.78, 5) is 29.0. The maximum atomic E-state index is 12.6. The van der Waals surface area contributed by atoms with Crippen LogP contribution < -0.4 is 0 Å². The average Bonchev–Trinajstić information content (AvgIpc) is 3.27. The number of hydrogen-bond acceptors (Lipinski definition) is 3. The van der Waals surface area contributed by atoms with Crippen LogP contribution in [-0.2, 0) is 14.3 Å². The van der Waals surface area contributed by atoms with E-state index in [9.17, 15) is 9.59 Å². The van der Waals surface area contributed by atoms with Crippen molar-refractivity contribution in [2.45, 2.75) is 49.7 Å². The first-order chi connectivity index (χ1) is 12.1. The van der Waals surface area contributed by atoms with E-state index in [0.29, 0.717) is 26.1 Å². The van der Waals surface area contributed by atoms with Gasteiger partial charge < -0.3 is 14.5 Å². The van der Waals surface area contributed by atoms with Crippen molar-refractivity contribution < 1.29 is 14.3 Å². The van der Waals surface area contributed by atoms with Crippen LogP contribution in [0, 0.1) is 0 Å². The molecule has 0 aromatic heterocycles. The summed E-state index contributed by atoms with van der Waals surface area (Å²) >= 11 is 0. The van der Waals surface area contributed by atoms with Crippen LogP contribution in [0.25, 0.3) is 0 Å². The topological polar surface area (TPSA) is 49.9 Å². The van der Waals surface area contributed by atoms with Gasteiger partial charge in [-0.1, -0.05) is 30.3 Å². The van der Waals surface area contributed by atoms with Crippen LogP contribution in [0.1, 0.15) is 43.6 Å². The first-order valence-electron chi connectivity index (χ1n) is 9.34. The second-order valence-electron chi connectivity index (χ2n) is 7.55. The Morgan fingerprint density at radius 2 is 1.92 bits per heavy atom. The fraction of sp³-hybridized carbons (Fsp3) is 0.600. The molecule has 134 valence electrons. The molecule has 0 N–H and O–H groups in total. The highest BCUT2D eigenvalue weighted by atomic mass is 16.5. The van der Waals surface area contributed by atoms with E-state index in [1.54, 1.807) is 0 Å². The molecule has 5 heteroatoms. The number of nitrogens with zero attached hydrogens (tertiary/aromatic N) is 2. The van der Waals surface area contributed by atoms with Crippen molar-refractivity contribution in [1.82, 2.24) is 9.80 Å². The molecule has 1 unspecified atom stereocenters. The van der Waals surface area contributed by atoms with E-state index in [4.69, 9.17) is 4.74 Å². The first-order valence-corrected chi connectivity index (χ1v) is 9.34. The van der Waals surface area contributed by atoms with E-state index >= 15 is 0 Å². The summed E-state index contributed by atoms with van der Waals surface area (Å²) in [6.45, 7) is 2.11. The van der Waals surface area contributed by atoms with E-state index in [1.807, 2.05) is 35.0 Å². The molecule has 25 heavy (non-hydrogen) atoms. The molecule has 2 atom stereocenters. The minimum absolute atomic E-state index is 0.135. The minimum atomic E-state index is -0.248. The predicted octanol–water partition coefficient (Wildman–Crippen LogP) is 2.17. The van der Waals surface area contributed by atoms with Gasteiger partial charge in [-0.25, -0.2) is 0 Å². The fourth-order valence-corrected chi connectivity index (χ4v) is 4.87. The number of carbonyl (C=O) groups is 2. The largest absolute Gasteiger partial charge is 0.368 e. The molecule has 0 saturated carbocycles. The van der Waals surface area contributed by atoms with Crippen molar-refractivity contribution in [3.05, 3.63) is 35.9 Å². The van der Waals surface area contributed by atoms with Gasteiger partial charge in [0.25, 0.3) is 5.91 Å². The van der Waals surface area contributed by atoms with Gasteiger partial charge in [0.15, 0.2) is 0 Å². The minimum Gasteiger partial charge on any atom is -0.368 e. The quantitative estimate of drug-likeness (QED) is 0.828. The van der Waals surface area contributed by atoms with Crippen molar-refractivity contribution >= 4 is 11.8 Å². The second-order valence-corrected chi connectivity index (χ2v) is 7.55. The number of likely N-dealkylation sites (tertiary alicyclic amines) is 2. The number of amides is 2. The molecule has 3 fully saturated rings. The molecule has 0 aliphatic carbocycles. The number of rotatable bonds is 2. The third-order valence-corrected chi connectivity index (χ3v) is 6.42. The van der Waals surface area contributed by atoms with Crippen molar-refractivity contribution in [3.8, 4) is 0 Å². The fourth-order valence-electron chi connectivity index (χ4n) is 4.87. The highest BCUT2D eigenvalue weighted by Gasteiger charge is 2.53. The number of carbonyl (C=O) groups excluding carboxylic acids is 2. The standard InChI is InChI=1S/C20H26N2O3/c1-21-18(23)14-16(15-6-3-2-4-7-15)20(21)9-11-22(12-10-20)19(24)17-8-5-13-25-17/h2-4,6-7,16-17H,5,8-14H2,1H3/t16?,17-/m1/s1. The number of hydrogen-bond donors (Lipinski definition) is 0. The van der Waals surface area contributed by atoms with E-state index in [-0.39, 0.29) is 29.4 Å². The van der Waals surface area contributed by atoms with Crippen molar-refractivity contribution in [2.24, 2.45) is 0 Å². The number of ether oxygens (including phenoxy) is 1. The van der Waals surface area contributed by atoms with Crippen LogP contribution in [-0.4, -0.2) is 60.0 Å². The summed E-state index contributed by atoms with van der Waals surface area (Å²) in [5.41, 5.74) is 1.07. The molecule has 0 bridgehead atoms. The van der Waals surface area contributed by atoms with E-state index < -0.39 is 0 Å². The zero-order chi connectivity index (χ0) is 17.4. The van der Waals surface area contributed by atoms with Gasteiger partial charge in [0, 0.05) is 39.1 Å². The average molecular weight is 342 g/mol. The van der Waals surface area contributed by atoms with Crippen LogP contribution in [0.4, 0.5) is 0 Å². The predicted molar refractivity (Wildman–Crippen MR) is 94.1 cm³/mol. The zero-order valence-electron chi connectivity index (χ0n) is 14.8. The van der Waals surface area contributed by atoms with Crippen molar-refractivity contribution in [3.63, 3.8) is 0 Å². The smallest absolute Gasteiger partial charge is 0.251 e. The van der Waals surface area contributed by atoms with Gasteiger partial charge in [-0.2, -0.15) is 0 Å². The molecule has 3 heterocycles. The zero-order valence-corrected chi connectivity index (χ0v) is 14.8. The van der Waals surface area contributed by atoms with Gasteiger partial charge in [0.05, 0.1) is 5.54 Å². The van der Waals surface area contributed by atoms with Crippen LogP contribution in [0.15, 0.2) is 30.3 Å². The number of likely N-dealkylation sites (N-methyl/N-ethyl adjacent to an activating group) is 1. The molecule has 0 radical (unpaired) electrons. The Balaban J connectivity index is 1.52. The van der Waals surface area contributed by atoms with Crippen LogP contribution in [0.3, 0.4) is 0 Å². The van der Waals surface area contributed by atoms with Gasteiger partial charge in [-0.15, -0.1) is 0 Å². The molecule has 1 aromatic rings. The Hall–Kier alpha value is -1.88. The normalized spacial score (nSPS) is 28.8. The van der Waals surface area contributed by atoms with E-state index in [1.165, 1.54) is 5.56 Å². The monoisotopic (exact) mass is 342 g/mol. The van der Waals surface area contributed by atoms with Gasteiger partial charge >= 0.3 is 0 Å². The van der Waals surface area contributed by atoms with Gasteiger partial charge in [0.2, 0.25) is 5.91 Å². The maximum absolute atomic E-state index is 12.6. The summed E-state index contributed by atoms with van der Waals surface area (Å²) in [5.74, 6) is 0.564. The Morgan fingerprint density at radius 3 is 2.56 bits per heavy atom. The molecule has 4 rings (SSSR count). The van der Waals surface area contributed by atoms with Gasteiger partial charge in [-0.3, -0.25) is 9.59 Å². The highest BCUT2D eigenvalue weighted by Crippen LogP contribution is 2.48. The maximum Gasteiger partial charge on any atom is 0.251 e. The highest BCUT2D eigenvalue weighted by molar-refractivity contribution is 5.83. The van der Waals surface area contributed by atoms with Crippen LogP contribution in [0.2, 0.25) is 0 Å². The lowest BCUT2D eigenvalue weighted by atomic mass is 9.73. The molecule has 2 amide bonds. The lowest BCUT2D eigenvalue weighted by Crippen LogP contribution is -2.56. The van der Waals surface area contributed by atoms with Crippen LogP contribution in [0.5, 0.6) is 0 Å². The lowest BCUT2D eigenvalue weighted by molar-refractivity contribution is -0.144. The summed E-state index contributed by atoms with van der Waals surface area (Å²) < 4.78 is 5.56.